The highest BCUT2D eigenvalue weighted by atomic mass is 16.6. The molecule has 1 saturated heterocycles. The van der Waals surface area contributed by atoms with Crippen LogP contribution in [0.5, 0.6) is 0 Å². The minimum Gasteiger partial charge on any atom is -0.427 e. The SMILES string of the molecule is CCN1C(=O)OC2(CCc3cc(NC(=O)NC)ccc32)C1=O. The fraction of sp³-hybridized carbons (Fsp3) is 0.400. The van der Waals surface area contributed by atoms with Gasteiger partial charge >= 0.3 is 12.1 Å². The summed E-state index contributed by atoms with van der Waals surface area (Å²) in [7, 11) is 1.54. The lowest BCUT2D eigenvalue weighted by Gasteiger charge is -2.20. The van der Waals surface area contributed by atoms with Gasteiger partial charge in [0, 0.05) is 31.3 Å². The lowest BCUT2D eigenvalue weighted by molar-refractivity contribution is -0.137. The molecule has 1 aliphatic carbocycles. The molecule has 0 radical (unpaired) electrons. The Balaban J connectivity index is 1.95. The van der Waals surface area contributed by atoms with E-state index in [1.54, 1.807) is 19.1 Å². The van der Waals surface area contributed by atoms with Gasteiger partial charge in [-0.1, -0.05) is 6.07 Å². The van der Waals surface area contributed by atoms with Crippen LogP contribution in [-0.4, -0.2) is 36.5 Å². The Morgan fingerprint density at radius 3 is 2.82 bits per heavy atom. The Morgan fingerprint density at radius 1 is 1.41 bits per heavy atom. The van der Waals surface area contributed by atoms with Gasteiger partial charge in [0.15, 0.2) is 0 Å². The number of rotatable bonds is 2. The van der Waals surface area contributed by atoms with E-state index in [1.165, 1.54) is 7.05 Å². The van der Waals surface area contributed by atoms with Crippen LogP contribution in [0.15, 0.2) is 18.2 Å². The summed E-state index contributed by atoms with van der Waals surface area (Å²) in [6, 6.07) is 4.96. The van der Waals surface area contributed by atoms with Gasteiger partial charge in [-0.05, 0) is 31.0 Å². The molecule has 1 unspecified atom stereocenters. The molecule has 1 fully saturated rings. The number of carbonyl (C=O) groups excluding carboxylic acids is 3. The van der Waals surface area contributed by atoms with Crippen LogP contribution in [0.4, 0.5) is 15.3 Å². The number of anilines is 1. The summed E-state index contributed by atoms with van der Waals surface area (Å²) in [4.78, 5) is 36.9. The molecule has 0 saturated carbocycles. The fourth-order valence-corrected chi connectivity index (χ4v) is 3.06. The Kier molecular flexibility index (Phi) is 3.27. The van der Waals surface area contributed by atoms with Crippen molar-refractivity contribution in [3.05, 3.63) is 29.3 Å². The van der Waals surface area contributed by atoms with E-state index >= 15 is 0 Å². The number of nitrogens with one attached hydrogen (secondary N) is 2. The Hall–Kier alpha value is -2.57. The zero-order valence-electron chi connectivity index (χ0n) is 12.4. The standard InChI is InChI=1S/C15H17N3O4/c1-3-18-12(19)15(22-14(18)21)7-6-9-8-10(4-5-11(9)15)17-13(20)16-2/h4-5,8H,3,6-7H2,1-2H3,(H2,16,17,20). The minimum absolute atomic E-state index is 0.297. The van der Waals surface area contributed by atoms with Gasteiger partial charge in [0.1, 0.15) is 0 Å². The van der Waals surface area contributed by atoms with E-state index in [0.717, 1.165) is 10.5 Å². The molecule has 116 valence electrons. The quantitative estimate of drug-likeness (QED) is 0.868. The molecule has 1 aliphatic heterocycles. The highest BCUT2D eigenvalue weighted by Crippen LogP contribution is 2.45. The van der Waals surface area contributed by atoms with Crippen LogP contribution in [0.2, 0.25) is 0 Å². The van der Waals surface area contributed by atoms with Crippen molar-refractivity contribution in [3.8, 4) is 0 Å². The number of likely N-dealkylation sites (N-methyl/N-ethyl adjacent to an activating group) is 1. The van der Waals surface area contributed by atoms with Crippen LogP contribution in [0.1, 0.15) is 24.5 Å². The third-order valence-electron chi connectivity index (χ3n) is 4.16. The second-order valence-electron chi connectivity index (χ2n) is 5.32. The number of imide groups is 1. The average molecular weight is 303 g/mol. The number of benzene rings is 1. The molecule has 4 amide bonds. The van der Waals surface area contributed by atoms with E-state index in [4.69, 9.17) is 4.74 Å². The molecule has 1 aromatic carbocycles. The summed E-state index contributed by atoms with van der Waals surface area (Å²) in [5, 5.41) is 5.16. The van der Waals surface area contributed by atoms with Crippen molar-refractivity contribution < 1.29 is 19.1 Å². The second kappa shape index (κ2) is 5.01. The topological polar surface area (TPSA) is 87.7 Å². The summed E-state index contributed by atoms with van der Waals surface area (Å²) in [6.45, 7) is 2.04. The molecule has 2 aliphatic rings. The first kappa shape index (κ1) is 14.4. The van der Waals surface area contributed by atoms with Crippen molar-refractivity contribution in [2.24, 2.45) is 0 Å². The van der Waals surface area contributed by atoms with Gasteiger partial charge in [-0.25, -0.2) is 14.5 Å². The highest BCUT2D eigenvalue weighted by Gasteiger charge is 2.57. The van der Waals surface area contributed by atoms with Crippen molar-refractivity contribution >= 4 is 23.7 Å². The predicted molar refractivity (Wildman–Crippen MR) is 78.4 cm³/mol. The van der Waals surface area contributed by atoms with Gasteiger partial charge in [0.2, 0.25) is 5.60 Å². The fourth-order valence-electron chi connectivity index (χ4n) is 3.06. The number of amides is 4. The molecule has 7 nitrogen and oxygen atoms in total. The van der Waals surface area contributed by atoms with Gasteiger partial charge in [0.05, 0.1) is 0 Å². The van der Waals surface area contributed by atoms with E-state index in [-0.39, 0.29) is 11.9 Å². The third-order valence-corrected chi connectivity index (χ3v) is 4.16. The van der Waals surface area contributed by atoms with Gasteiger partial charge in [-0.15, -0.1) is 0 Å². The maximum absolute atomic E-state index is 12.5. The van der Waals surface area contributed by atoms with Gasteiger partial charge in [-0.2, -0.15) is 0 Å². The molecule has 0 bridgehead atoms. The van der Waals surface area contributed by atoms with E-state index < -0.39 is 11.7 Å². The predicted octanol–water partition coefficient (Wildman–Crippen LogP) is 1.58. The molecule has 7 heteroatoms. The average Bonchev–Trinajstić information content (AvgIpc) is 2.98. The number of fused-ring (bicyclic) bond motifs is 2. The smallest absolute Gasteiger partial charge is 0.418 e. The molecule has 2 N–H and O–H groups in total. The maximum Gasteiger partial charge on any atom is 0.418 e. The first-order valence-corrected chi connectivity index (χ1v) is 7.19. The molecular weight excluding hydrogens is 286 g/mol. The van der Waals surface area contributed by atoms with Crippen LogP contribution in [0.3, 0.4) is 0 Å². The number of carbonyl (C=O) groups is 3. The maximum atomic E-state index is 12.5. The Morgan fingerprint density at radius 2 is 2.18 bits per heavy atom. The van der Waals surface area contributed by atoms with Crippen molar-refractivity contribution in [2.75, 3.05) is 18.9 Å². The summed E-state index contributed by atoms with van der Waals surface area (Å²) < 4.78 is 5.43. The lowest BCUT2D eigenvalue weighted by Crippen LogP contribution is -2.37. The van der Waals surface area contributed by atoms with Gasteiger partial charge in [0.25, 0.3) is 5.91 Å². The van der Waals surface area contributed by atoms with E-state index in [2.05, 4.69) is 10.6 Å². The number of ether oxygens (including phenoxy) is 1. The minimum atomic E-state index is -1.19. The number of hydrogen-bond donors (Lipinski definition) is 2. The monoisotopic (exact) mass is 303 g/mol. The van der Waals surface area contributed by atoms with Crippen molar-refractivity contribution in [2.45, 2.75) is 25.4 Å². The number of urea groups is 1. The molecule has 0 aromatic heterocycles. The summed E-state index contributed by atoms with van der Waals surface area (Å²) in [5.74, 6) is -0.300. The molecular formula is C15H17N3O4. The highest BCUT2D eigenvalue weighted by molar-refractivity contribution is 6.04. The van der Waals surface area contributed by atoms with Crippen molar-refractivity contribution in [1.82, 2.24) is 10.2 Å². The molecule has 1 heterocycles. The molecule has 1 spiro atoms. The first-order chi connectivity index (χ1) is 10.5. The number of aryl methyl sites for hydroxylation is 1. The van der Waals surface area contributed by atoms with Crippen LogP contribution < -0.4 is 10.6 Å². The Bertz CT molecular complexity index is 673. The normalized spacial score (nSPS) is 22.7. The molecule has 3 rings (SSSR count). The summed E-state index contributed by atoms with van der Waals surface area (Å²) in [6.07, 6.45) is 0.468. The van der Waals surface area contributed by atoms with Gasteiger partial charge in [-0.3, -0.25) is 4.79 Å². The second-order valence-corrected chi connectivity index (χ2v) is 5.32. The summed E-state index contributed by atoms with van der Waals surface area (Å²) >= 11 is 0. The largest absolute Gasteiger partial charge is 0.427 e. The van der Waals surface area contributed by atoms with Crippen molar-refractivity contribution in [1.29, 1.82) is 0 Å². The van der Waals surface area contributed by atoms with Crippen LogP contribution in [0, 0.1) is 0 Å². The van der Waals surface area contributed by atoms with Crippen molar-refractivity contribution in [3.63, 3.8) is 0 Å². The molecule has 1 aromatic rings. The zero-order chi connectivity index (χ0) is 15.9. The van der Waals surface area contributed by atoms with Crippen LogP contribution in [-0.2, 0) is 21.6 Å². The number of hydrogen-bond acceptors (Lipinski definition) is 4. The third kappa shape index (κ3) is 1.93. The first-order valence-electron chi connectivity index (χ1n) is 7.19. The Labute approximate surface area is 127 Å². The van der Waals surface area contributed by atoms with Crippen LogP contribution >= 0.6 is 0 Å². The van der Waals surface area contributed by atoms with E-state index in [1.807, 2.05) is 6.07 Å². The van der Waals surface area contributed by atoms with E-state index in [0.29, 0.717) is 30.6 Å². The number of nitrogens with zero attached hydrogens (tertiary/aromatic N) is 1. The van der Waals surface area contributed by atoms with Gasteiger partial charge < -0.3 is 15.4 Å². The lowest BCUT2D eigenvalue weighted by atomic mass is 9.95. The molecule has 22 heavy (non-hydrogen) atoms. The summed E-state index contributed by atoms with van der Waals surface area (Å²) in [5.41, 5.74) is 1.07. The molecule has 1 atom stereocenters. The zero-order valence-corrected chi connectivity index (χ0v) is 12.4. The van der Waals surface area contributed by atoms with E-state index in [9.17, 15) is 14.4 Å². The van der Waals surface area contributed by atoms with Crippen LogP contribution in [0.25, 0.3) is 0 Å².